The lowest BCUT2D eigenvalue weighted by atomic mass is 9.95. The Morgan fingerprint density at radius 2 is 1.59 bits per heavy atom. The molecule has 1 aromatic heterocycles. The fraction of sp³-hybridized carbons (Fsp3) is 0.192. The number of nitrogens with one attached hydrogen (secondary N) is 2. The third-order valence-corrected chi connectivity index (χ3v) is 5.52. The molecular formula is C26H26N2O. The number of fused-ring (bicyclic) bond motifs is 1. The van der Waals surface area contributed by atoms with Crippen molar-refractivity contribution in [3.05, 3.63) is 107 Å². The van der Waals surface area contributed by atoms with Crippen molar-refractivity contribution in [2.45, 2.75) is 25.8 Å². The van der Waals surface area contributed by atoms with Gasteiger partial charge in [-0.1, -0.05) is 85.3 Å². The Labute approximate surface area is 171 Å². The number of H-pyrrole nitrogens is 1. The molecule has 29 heavy (non-hydrogen) atoms. The van der Waals surface area contributed by atoms with Crippen molar-refractivity contribution in [3.8, 4) is 0 Å². The van der Waals surface area contributed by atoms with Crippen LogP contribution >= 0.6 is 0 Å². The number of aryl methyl sites for hydroxylation is 1. The van der Waals surface area contributed by atoms with Crippen LogP contribution in [0.3, 0.4) is 0 Å². The predicted molar refractivity (Wildman–Crippen MR) is 119 cm³/mol. The summed E-state index contributed by atoms with van der Waals surface area (Å²) in [6.45, 7) is 5.00. The number of ketones is 1. The second kappa shape index (κ2) is 8.46. The van der Waals surface area contributed by atoms with E-state index in [0.29, 0.717) is 5.92 Å². The van der Waals surface area contributed by atoms with Gasteiger partial charge in [-0.2, -0.15) is 0 Å². The van der Waals surface area contributed by atoms with Crippen molar-refractivity contribution in [1.82, 2.24) is 10.3 Å². The maximum Gasteiger partial charge on any atom is 0.186 e. The molecule has 3 heteroatoms. The van der Waals surface area contributed by atoms with E-state index in [1.54, 1.807) is 0 Å². The second-order valence-electron chi connectivity index (χ2n) is 7.68. The molecule has 0 bridgehead atoms. The molecule has 0 aliphatic rings. The van der Waals surface area contributed by atoms with E-state index in [1.165, 1.54) is 11.1 Å². The van der Waals surface area contributed by atoms with Crippen molar-refractivity contribution in [3.63, 3.8) is 0 Å². The van der Waals surface area contributed by atoms with Gasteiger partial charge in [0.1, 0.15) is 0 Å². The van der Waals surface area contributed by atoms with Gasteiger partial charge in [0.15, 0.2) is 5.78 Å². The van der Waals surface area contributed by atoms with Gasteiger partial charge in [0, 0.05) is 29.2 Å². The average Bonchev–Trinajstić information content (AvgIpc) is 3.19. The summed E-state index contributed by atoms with van der Waals surface area (Å²) < 4.78 is 0. The molecule has 0 saturated carbocycles. The van der Waals surface area contributed by atoms with E-state index < -0.39 is 0 Å². The maximum atomic E-state index is 13.5. The molecule has 4 rings (SSSR count). The number of carbonyl (C=O) groups is 1. The predicted octanol–water partition coefficient (Wildman–Crippen LogP) is 5.79. The van der Waals surface area contributed by atoms with E-state index in [1.807, 2.05) is 60.8 Å². The van der Waals surface area contributed by atoms with Crippen molar-refractivity contribution < 1.29 is 4.79 Å². The number of aromatic nitrogens is 1. The quantitative estimate of drug-likeness (QED) is 0.397. The summed E-state index contributed by atoms with van der Waals surface area (Å²) in [5.74, 6) is 0.391. The normalized spacial score (nSPS) is 13.3. The van der Waals surface area contributed by atoms with Crippen LogP contribution in [0.2, 0.25) is 0 Å². The van der Waals surface area contributed by atoms with Gasteiger partial charge in [-0.15, -0.1) is 0 Å². The van der Waals surface area contributed by atoms with Crippen LogP contribution in [0.5, 0.6) is 0 Å². The smallest absolute Gasteiger partial charge is 0.186 e. The van der Waals surface area contributed by atoms with E-state index >= 15 is 0 Å². The molecule has 0 aliphatic carbocycles. The van der Waals surface area contributed by atoms with Crippen LogP contribution < -0.4 is 5.32 Å². The first-order valence-corrected chi connectivity index (χ1v) is 10.1. The van der Waals surface area contributed by atoms with Gasteiger partial charge in [0.2, 0.25) is 0 Å². The third-order valence-electron chi connectivity index (χ3n) is 5.52. The Morgan fingerprint density at radius 1 is 0.897 bits per heavy atom. The Morgan fingerprint density at radius 3 is 2.34 bits per heavy atom. The van der Waals surface area contributed by atoms with Crippen LogP contribution in [0.25, 0.3) is 10.9 Å². The zero-order valence-corrected chi connectivity index (χ0v) is 16.9. The number of rotatable bonds is 7. The number of para-hydroxylation sites is 1. The standard InChI is InChI=1S/C26H26N2O/c1-18-12-14-20(15-13-18)19(2)16-28-25(21-8-4-3-5-9-21)26(29)23-17-27-24-11-7-6-10-22(23)24/h3-15,17,19,25,27-28H,16H2,1-2H3/t19-,25-/m0/s1. The Kier molecular flexibility index (Phi) is 5.59. The van der Waals surface area contributed by atoms with E-state index in [-0.39, 0.29) is 11.8 Å². The van der Waals surface area contributed by atoms with Crippen LogP contribution in [-0.4, -0.2) is 17.3 Å². The van der Waals surface area contributed by atoms with Crippen LogP contribution in [0.4, 0.5) is 0 Å². The lowest BCUT2D eigenvalue weighted by molar-refractivity contribution is 0.0944. The van der Waals surface area contributed by atoms with E-state index in [4.69, 9.17) is 0 Å². The SMILES string of the molecule is Cc1ccc([C@@H](C)CN[C@H](C(=O)c2c[nH]c3ccccc23)c2ccccc2)cc1. The number of hydrogen-bond acceptors (Lipinski definition) is 2. The molecular weight excluding hydrogens is 356 g/mol. The van der Waals surface area contributed by atoms with Gasteiger partial charge >= 0.3 is 0 Å². The lowest BCUT2D eigenvalue weighted by Gasteiger charge is -2.21. The topological polar surface area (TPSA) is 44.9 Å². The largest absolute Gasteiger partial charge is 0.360 e. The summed E-state index contributed by atoms with van der Waals surface area (Å²) in [4.78, 5) is 16.8. The summed E-state index contributed by atoms with van der Waals surface area (Å²) in [5, 5.41) is 4.50. The van der Waals surface area contributed by atoms with Crippen LogP contribution in [-0.2, 0) is 0 Å². The number of Topliss-reactive ketones (excluding diaryl/α,β-unsaturated/α-hetero) is 1. The molecule has 3 nitrogen and oxygen atoms in total. The first-order valence-electron chi connectivity index (χ1n) is 10.1. The number of carbonyl (C=O) groups excluding carboxylic acids is 1. The summed E-state index contributed by atoms with van der Waals surface area (Å²) in [6, 6.07) is 26.1. The minimum atomic E-state index is -0.386. The molecule has 2 N–H and O–H groups in total. The summed E-state index contributed by atoms with van der Waals surface area (Å²) in [6.07, 6.45) is 1.83. The third kappa shape index (κ3) is 4.15. The minimum absolute atomic E-state index is 0.0877. The molecule has 0 aliphatic heterocycles. The van der Waals surface area contributed by atoms with E-state index in [9.17, 15) is 4.79 Å². The number of benzene rings is 3. The monoisotopic (exact) mass is 382 g/mol. The van der Waals surface area contributed by atoms with Gasteiger partial charge in [-0.3, -0.25) is 4.79 Å². The Bertz CT molecular complexity index is 1100. The maximum absolute atomic E-state index is 13.5. The molecule has 146 valence electrons. The number of hydrogen-bond donors (Lipinski definition) is 2. The zero-order chi connectivity index (χ0) is 20.2. The van der Waals surface area contributed by atoms with Crippen molar-refractivity contribution >= 4 is 16.7 Å². The van der Waals surface area contributed by atoms with E-state index in [2.05, 4.69) is 48.4 Å². The van der Waals surface area contributed by atoms with Gasteiger partial charge in [0.25, 0.3) is 0 Å². The zero-order valence-electron chi connectivity index (χ0n) is 16.9. The fourth-order valence-electron chi connectivity index (χ4n) is 3.75. The molecule has 0 fully saturated rings. The molecule has 0 unspecified atom stereocenters. The second-order valence-corrected chi connectivity index (χ2v) is 7.68. The molecule has 1 heterocycles. The van der Waals surface area contributed by atoms with Gasteiger partial charge in [0.05, 0.1) is 6.04 Å². The highest BCUT2D eigenvalue weighted by atomic mass is 16.1. The Balaban J connectivity index is 1.60. The van der Waals surface area contributed by atoms with Gasteiger partial charge in [-0.25, -0.2) is 0 Å². The van der Waals surface area contributed by atoms with Crippen molar-refractivity contribution in [2.75, 3.05) is 6.54 Å². The minimum Gasteiger partial charge on any atom is -0.360 e. The highest BCUT2D eigenvalue weighted by molar-refractivity contribution is 6.10. The van der Waals surface area contributed by atoms with E-state index in [0.717, 1.165) is 28.6 Å². The highest BCUT2D eigenvalue weighted by Gasteiger charge is 2.24. The average molecular weight is 383 g/mol. The molecule has 0 amide bonds. The summed E-state index contributed by atoms with van der Waals surface area (Å²) in [5.41, 5.74) is 5.22. The first kappa shape index (κ1) is 19.2. The molecule has 2 atom stereocenters. The van der Waals surface area contributed by atoms with Crippen LogP contribution in [0.1, 0.15) is 45.9 Å². The summed E-state index contributed by atoms with van der Waals surface area (Å²) in [7, 11) is 0. The lowest BCUT2D eigenvalue weighted by Crippen LogP contribution is -2.31. The molecule has 0 spiro atoms. The summed E-state index contributed by atoms with van der Waals surface area (Å²) >= 11 is 0. The first-order chi connectivity index (χ1) is 14.1. The highest BCUT2D eigenvalue weighted by Crippen LogP contribution is 2.25. The molecule has 3 aromatic carbocycles. The van der Waals surface area contributed by atoms with Crippen LogP contribution in [0, 0.1) is 6.92 Å². The molecule has 0 radical (unpaired) electrons. The van der Waals surface area contributed by atoms with Crippen LogP contribution in [0.15, 0.2) is 85.1 Å². The Hall–Kier alpha value is -3.17. The molecule has 4 aromatic rings. The number of aromatic amines is 1. The van der Waals surface area contributed by atoms with Crippen molar-refractivity contribution in [1.29, 1.82) is 0 Å². The van der Waals surface area contributed by atoms with Gasteiger partial charge in [-0.05, 0) is 30.0 Å². The van der Waals surface area contributed by atoms with Crippen molar-refractivity contribution in [2.24, 2.45) is 0 Å². The molecule has 0 saturated heterocycles. The fourth-order valence-corrected chi connectivity index (χ4v) is 3.75. The van der Waals surface area contributed by atoms with Gasteiger partial charge < -0.3 is 10.3 Å².